The van der Waals surface area contributed by atoms with Crippen molar-refractivity contribution in [3.8, 4) is 0 Å². The maximum absolute atomic E-state index is 14.4. The fourth-order valence-corrected chi connectivity index (χ4v) is 10.6. The Hall–Kier alpha value is -2.26. The van der Waals surface area contributed by atoms with E-state index < -0.39 is 102 Å². The Morgan fingerprint density at radius 2 is 1.61 bits per heavy atom. The van der Waals surface area contributed by atoms with E-state index in [9.17, 15) is 30.3 Å². The van der Waals surface area contributed by atoms with E-state index in [0.29, 0.717) is 25.4 Å². The van der Waals surface area contributed by atoms with E-state index in [1.165, 1.54) is 14.0 Å². The van der Waals surface area contributed by atoms with Crippen LogP contribution in [0.1, 0.15) is 108 Å². The molecule has 0 spiro atoms. The normalized spacial score (nSPS) is 45.9. The second-order valence-corrected chi connectivity index (χ2v) is 20.5. The molecule has 17 heteroatoms. The molecule has 17 nitrogen and oxygen atoms in total. The molecule has 5 heterocycles. The van der Waals surface area contributed by atoms with Crippen LogP contribution in [-0.2, 0) is 45.0 Å². The van der Waals surface area contributed by atoms with Crippen LogP contribution in [0.15, 0.2) is 23.3 Å². The molecule has 4 aliphatic heterocycles. The summed E-state index contributed by atoms with van der Waals surface area (Å²) in [6.07, 6.45) is -7.17. The molecule has 3 fully saturated rings. The molecule has 0 aliphatic carbocycles. The molecule has 20 atom stereocenters. The van der Waals surface area contributed by atoms with Crippen molar-refractivity contribution < 1.29 is 63.5 Å². The topological polar surface area (TPSA) is 207 Å². The number of hydrogen-bond acceptors (Lipinski definition) is 16. The van der Waals surface area contributed by atoms with Gasteiger partial charge in [-0.15, -0.1) is 0 Å². The lowest BCUT2D eigenvalue weighted by molar-refractivity contribution is -0.318. The third kappa shape index (κ3) is 11.4. The van der Waals surface area contributed by atoms with Crippen LogP contribution in [0.4, 0.5) is 0 Å². The van der Waals surface area contributed by atoms with Crippen molar-refractivity contribution in [1.82, 2.24) is 14.4 Å². The molecule has 5 N–H and O–H groups in total. The molecule has 5 rings (SSSR count). The molecule has 368 valence electrons. The van der Waals surface area contributed by atoms with Crippen molar-refractivity contribution in [3.63, 3.8) is 0 Å². The van der Waals surface area contributed by atoms with Gasteiger partial charge in [0.25, 0.3) is 0 Å². The molecule has 1 unspecified atom stereocenters. The molecular weight excluding hydrogens is 829 g/mol. The first-order valence-corrected chi connectivity index (χ1v) is 23.4. The first kappa shape index (κ1) is 52.7. The van der Waals surface area contributed by atoms with E-state index in [-0.39, 0.29) is 43.4 Å². The van der Waals surface area contributed by atoms with Gasteiger partial charge in [0, 0.05) is 57.9 Å². The van der Waals surface area contributed by atoms with Crippen molar-refractivity contribution in [3.05, 3.63) is 24.0 Å². The van der Waals surface area contributed by atoms with Gasteiger partial charge in [0.2, 0.25) is 5.90 Å². The minimum Gasteiger partial charge on any atom is -0.471 e. The van der Waals surface area contributed by atoms with Crippen LogP contribution in [0.2, 0.25) is 0 Å². The van der Waals surface area contributed by atoms with E-state index >= 15 is 0 Å². The van der Waals surface area contributed by atoms with Crippen LogP contribution in [-0.4, -0.2) is 189 Å². The van der Waals surface area contributed by atoms with E-state index in [2.05, 4.69) is 4.90 Å². The average molecular weight is 911 g/mol. The Bertz CT molecular complexity index is 1710. The van der Waals surface area contributed by atoms with Gasteiger partial charge in [0.15, 0.2) is 12.6 Å². The van der Waals surface area contributed by atoms with E-state index in [1.807, 2.05) is 76.6 Å². The van der Waals surface area contributed by atoms with Crippen molar-refractivity contribution in [2.45, 2.75) is 204 Å². The maximum atomic E-state index is 14.4. The van der Waals surface area contributed by atoms with E-state index in [0.717, 1.165) is 5.69 Å². The number of hydrogen-bond donors (Lipinski definition) is 5. The number of likely N-dealkylation sites (N-methyl/N-ethyl adjacent to an activating group) is 2. The highest BCUT2D eigenvalue weighted by atomic mass is 16.7. The van der Waals surface area contributed by atoms with Gasteiger partial charge < -0.3 is 68.2 Å². The Kier molecular flexibility index (Phi) is 17.2. The summed E-state index contributed by atoms with van der Waals surface area (Å²) in [7, 11) is 7.24. The highest BCUT2D eigenvalue weighted by Crippen LogP contribution is 2.40. The second kappa shape index (κ2) is 20.9. The molecule has 1 aromatic rings. The number of aromatic nitrogens is 1. The fourth-order valence-electron chi connectivity index (χ4n) is 10.6. The quantitative estimate of drug-likeness (QED) is 0.214. The van der Waals surface area contributed by atoms with Crippen LogP contribution >= 0.6 is 0 Å². The van der Waals surface area contributed by atoms with Crippen molar-refractivity contribution in [1.29, 1.82) is 0 Å². The number of aliphatic imine (C=N–C) groups is 1. The van der Waals surface area contributed by atoms with Crippen LogP contribution in [0.3, 0.4) is 0 Å². The van der Waals surface area contributed by atoms with E-state index in [4.69, 9.17) is 38.2 Å². The Labute approximate surface area is 381 Å². The summed E-state index contributed by atoms with van der Waals surface area (Å²) in [4.78, 5) is 23.4. The summed E-state index contributed by atoms with van der Waals surface area (Å²) in [5.41, 5.74) is -3.61. The predicted molar refractivity (Wildman–Crippen MR) is 239 cm³/mol. The SMILES string of the molecule is CC[C@H]1OC(=O)[C@H](C)[C@@H](O[C@H]2C[C@@](C)(OC)[C@@H](O)[C@H](C)O2)[C@H](C)[C@@H](O[C@@H]2O[C@H](C)C[C@H](N(C)C[C@H]3N=C(c4cccn4C)OC3C)[C@H]2O)[C@](C)(O)C[C@@H](C)CN(C)[C@H](C)[C@@H](O)[C@]1(C)O. The highest BCUT2D eigenvalue weighted by Gasteiger charge is 2.53. The number of ether oxygens (including phenoxy) is 7. The number of esters is 1. The molecule has 1 aromatic heterocycles. The molecule has 0 radical (unpaired) electrons. The van der Waals surface area contributed by atoms with Gasteiger partial charge >= 0.3 is 5.97 Å². The van der Waals surface area contributed by atoms with Crippen LogP contribution in [0, 0.1) is 17.8 Å². The monoisotopic (exact) mass is 911 g/mol. The van der Waals surface area contributed by atoms with Gasteiger partial charge in [0.1, 0.15) is 47.9 Å². The van der Waals surface area contributed by atoms with Gasteiger partial charge in [-0.2, -0.15) is 0 Å². The van der Waals surface area contributed by atoms with Gasteiger partial charge in [-0.25, -0.2) is 4.99 Å². The lowest BCUT2D eigenvalue weighted by Crippen LogP contribution is -2.61. The first-order valence-electron chi connectivity index (χ1n) is 23.4. The lowest BCUT2D eigenvalue weighted by atomic mass is 9.77. The number of carbonyl (C=O) groups is 1. The number of aliphatic hydroxyl groups is 5. The van der Waals surface area contributed by atoms with Crippen LogP contribution in [0.25, 0.3) is 0 Å². The first-order chi connectivity index (χ1) is 29.8. The maximum Gasteiger partial charge on any atom is 0.311 e. The number of cyclic esters (lactones) is 1. The van der Waals surface area contributed by atoms with Crippen molar-refractivity contribution in [2.75, 3.05) is 34.3 Å². The van der Waals surface area contributed by atoms with Gasteiger partial charge in [-0.1, -0.05) is 20.8 Å². The molecule has 3 saturated heterocycles. The molecule has 0 bridgehead atoms. The summed E-state index contributed by atoms with van der Waals surface area (Å²) in [6.45, 7) is 20.5. The standard InChI is InChI=1S/C47H82N4O13/c1-16-35-47(11,57)39(53)29(6)50(13)23-25(2)21-45(9,56)41(27(4)38(28(5)43(55)62-35)63-36-22-46(10,58-15)40(54)31(8)60-36)64-44-37(52)34(20-26(3)59-44)51(14)24-32-30(7)61-42(48-32)33-18-17-19-49(33)12/h17-19,25-32,34-41,44,52-54,56-57H,16,20-24H2,1-15H3/t25-,26-,27+,28-,29-,30?,31+,32-,34+,35-,36+,37-,38+,39-,40+,41-,44+,45-,46-,47-/m1/s1. The third-order valence-corrected chi connectivity index (χ3v) is 14.9. The minimum atomic E-state index is -1.83. The Balaban J connectivity index is 1.52. The summed E-state index contributed by atoms with van der Waals surface area (Å²) in [5, 5.41) is 59.6. The smallest absolute Gasteiger partial charge is 0.311 e. The average Bonchev–Trinajstić information content (AvgIpc) is 3.82. The number of aliphatic hydroxyl groups excluding tert-OH is 3. The third-order valence-electron chi connectivity index (χ3n) is 14.9. The number of methoxy groups -OCH3 is 1. The molecule has 0 amide bonds. The van der Waals surface area contributed by atoms with Crippen LogP contribution in [0.5, 0.6) is 0 Å². The molecular formula is C47H82N4O13. The molecule has 64 heavy (non-hydrogen) atoms. The molecule has 0 saturated carbocycles. The largest absolute Gasteiger partial charge is 0.471 e. The zero-order chi connectivity index (χ0) is 47.8. The van der Waals surface area contributed by atoms with Crippen molar-refractivity contribution in [2.24, 2.45) is 29.8 Å². The summed E-state index contributed by atoms with van der Waals surface area (Å²) in [5.74, 6) is -2.16. The number of carbonyl (C=O) groups excluding carboxylic acids is 1. The summed E-state index contributed by atoms with van der Waals surface area (Å²) < 4.78 is 46.4. The fraction of sp³-hybridized carbons (Fsp3) is 0.872. The second-order valence-electron chi connectivity index (χ2n) is 20.5. The molecule has 0 aromatic carbocycles. The van der Waals surface area contributed by atoms with Gasteiger partial charge in [-0.3, -0.25) is 9.69 Å². The minimum absolute atomic E-state index is 0.110. The van der Waals surface area contributed by atoms with Crippen LogP contribution < -0.4 is 0 Å². The zero-order valence-corrected chi connectivity index (χ0v) is 41.1. The molecule has 4 aliphatic rings. The highest BCUT2D eigenvalue weighted by molar-refractivity contribution is 5.94. The number of nitrogens with zero attached hydrogens (tertiary/aromatic N) is 4. The van der Waals surface area contributed by atoms with Crippen molar-refractivity contribution >= 4 is 11.9 Å². The Morgan fingerprint density at radius 1 is 0.938 bits per heavy atom. The van der Waals surface area contributed by atoms with Gasteiger partial charge in [0.05, 0.1) is 41.5 Å². The van der Waals surface area contributed by atoms with E-state index in [1.54, 1.807) is 41.5 Å². The summed E-state index contributed by atoms with van der Waals surface area (Å²) >= 11 is 0. The number of rotatable bonds is 10. The lowest BCUT2D eigenvalue weighted by Gasteiger charge is -2.49. The zero-order valence-electron chi connectivity index (χ0n) is 41.1. The Morgan fingerprint density at radius 3 is 2.22 bits per heavy atom. The summed E-state index contributed by atoms with van der Waals surface area (Å²) in [6, 6.07) is 2.72. The number of aryl methyl sites for hydroxylation is 1. The van der Waals surface area contributed by atoms with Gasteiger partial charge in [-0.05, 0) is 107 Å². The predicted octanol–water partition coefficient (Wildman–Crippen LogP) is 2.84.